The third kappa shape index (κ3) is 2.54. The van der Waals surface area contributed by atoms with Gasteiger partial charge in [-0.2, -0.15) is 0 Å². The van der Waals surface area contributed by atoms with Crippen molar-refractivity contribution in [1.29, 1.82) is 0 Å². The van der Waals surface area contributed by atoms with Gasteiger partial charge in [0.15, 0.2) is 0 Å². The maximum absolute atomic E-state index is 12.8. The van der Waals surface area contributed by atoms with Crippen molar-refractivity contribution in [2.24, 2.45) is 0 Å². The van der Waals surface area contributed by atoms with Gasteiger partial charge in [-0.1, -0.05) is 6.92 Å². The van der Waals surface area contributed by atoms with Crippen molar-refractivity contribution < 1.29 is 9.59 Å². The Morgan fingerprint density at radius 2 is 1.90 bits per heavy atom. The molecular formula is C15H24N4O2. The van der Waals surface area contributed by atoms with E-state index in [0.717, 1.165) is 5.82 Å². The lowest BCUT2D eigenvalue weighted by Crippen LogP contribution is -2.73. The highest BCUT2D eigenvalue weighted by molar-refractivity contribution is 6.01. The first-order valence-electron chi connectivity index (χ1n) is 7.35. The molecule has 1 aliphatic rings. The number of imidazole rings is 1. The number of hydrogen-bond acceptors (Lipinski definition) is 3. The van der Waals surface area contributed by atoms with Crippen LogP contribution in [0.4, 0.5) is 0 Å². The number of nitrogens with one attached hydrogen (secondary N) is 1. The van der Waals surface area contributed by atoms with Crippen LogP contribution in [-0.2, 0) is 16.1 Å². The number of aryl methyl sites for hydroxylation is 1. The van der Waals surface area contributed by atoms with E-state index >= 15 is 0 Å². The van der Waals surface area contributed by atoms with E-state index in [4.69, 9.17) is 0 Å². The van der Waals surface area contributed by atoms with Gasteiger partial charge in [-0.15, -0.1) is 0 Å². The predicted molar refractivity (Wildman–Crippen MR) is 79.6 cm³/mol. The summed E-state index contributed by atoms with van der Waals surface area (Å²) in [5.41, 5.74) is -1.64. The second-order valence-electron chi connectivity index (χ2n) is 6.32. The van der Waals surface area contributed by atoms with E-state index in [0.29, 0.717) is 19.5 Å². The second-order valence-corrected chi connectivity index (χ2v) is 6.32. The summed E-state index contributed by atoms with van der Waals surface area (Å²) in [6, 6.07) is 0. The van der Waals surface area contributed by atoms with Crippen molar-refractivity contribution in [2.75, 3.05) is 6.54 Å². The van der Waals surface area contributed by atoms with E-state index < -0.39 is 11.1 Å². The fourth-order valence-electron chi connectivity index (χ4n) is 2.60. The fourth-order valence-corrected chi connectivity index (χ4v) is 2.60. The molecule has 2 amide bonds. The molecule has 0 aliphatic carbocycles. The van der Waals surface area contributed by atoms with Crippen molar-refractivity contribution in [3.63, 3.8) is 0 Å². The minimum atomic E-state index is -0.833. The van der Waals surface area contributed by atoms with Crippen LogP contribution in [0.1, 0.15) is 39.9 Å². The van der Waals surface area contributed by atoms with Crippen LogP contribution in [0.15, 0.2) is 12.4 Å². The lowest BCUT2D eigenvalue weighted by molar-refractivity contribution is -0.160. The molecule has 2 heterocycles. The summed E-state index contributed by atoms with van der Waals surface area (Å²) in [4.78, 5) is 31.0. The van der Waals surface area contributed by atoms with Gasteiger partial charge in [0.25, 0.3) is 0 Å². The van der Waals surface area contributed by atoms with Crippen molar-refractivity contribution in [2.45, 2.75) is 58.7 Å². The normalized spacial score (nSPS) is 25.1. The number of nitrogens with zero attached hydrogens (tertiary/aromatic N) is 3. The van der Waals surface area contributed by atoms with Crippen molar-refractivity contribution in [1.82, 2.24) is 19.8 Å². The van der Waals surface area contributed by atoms with E-state index in [2.05, 4.69) is 10.3 Å². The predicted octanol–water partition coefficient (Wildman–Crippen LogP) is 1.10. The average molecular weight is 292 g/mol. The monoisotopic (exact) mass is 292 g/mol. The quantitative estimate of drug-likeness (QED) is 0.903. The molecule has 0 spiro atoms. The van der Waals surface area contributed by atoms with Crippen molar-refractivity contribution in [3.05, 3.63) is 18.2 Å². The molecule has 6 heteroatoms. The van der Waals surface area contributed by atoms with Crippen LogP contribution in [0.2, 0.25) is 0 Å². The van der Waals surface area contributed by atoms with Gasteiger partial charge in [-0.3, -0.25) is 9.59 Å². The summed E-state index contributed by atoms with van der Waals surface area (Å²) in [6.07, 6.45) is 4.20. The number of piperazine rings is 1. The Kier molecular flexibility index (Phi) is 3.82. The summed E-state index contributed by atoms with van der Waals surface area (Å²) >= 11 is 0. The van der Waals surface area contributed by atoms with Gasteiger partial charge in [0.1, 0.15) is 16.9 Å². The zero-order valence-electron chi connectivity index (χ0n) is 13.4. The van der Waals surface area contributed by atoms with Crippen molar-refractivity contribution >= 4 is 11.8 Å². The van der Waals surface area contributed by atoms with E-state index in [-0.39, 0.29) is 11.8 Å². The molecule has 1 aliphatic heterocycles. The third-order valence-electron chi connectivity index (χ3n) is 4.53. The van der Waals surface area contributed by atoms with Crippen LogP contribution in [0.3, 0.4) is 0 Å². The molecule has 0 bridgehead atoms. The van der Waals surface area contributed by atoms with Gasteiger partial charge in [-0.05, 0) is 34.1 Å². The standard InChI is InChI=1S/C15H24N4O2/c1-6-15(5)13(21)19(14(3,4)12(20)17-15)10-9-18-8-7-16-11(18)2/h7-8H,6,9-10H2,1-5H3,(H,17,20). The molecule has 1 saturated heterocycles. The van der Waals surface area contributed by atoms with E-state index in [1.165, 1.54) is 0 Å². The average Bonchev–Trinajstić information content (AvgIpc) is 2.82. The van der Waals surface area contributed by atoms with Gasteiger partial charge >= 0.3 is 0 Å². The first-order chi connectivity index (χ1) is 9.72. The minimum absolute atomic E-state index is 0.0210. The Morgan fingerprint density at radius 1 is 1.24 bits per heavy atom. The van der Waals surface area contributed by atoms with Crippen LogP contribution in [0, 0.1) is 6.92 Å². The van der Waals surface area contributed by atoms with Crippen LogP contribution < -0.4 is 5.32 Å². The number of carbonyl (C=O) groups is 2. The van der Waals surface area contributed by atoms with Gasteiger partial charge in [0.05, 0.1) is 0 Å². The summed E-state index contributed by atoms with van der Waals surface area (Å²) in [5.74, 6) is 0.779. The first kappa shape index (κ1) is 15.5. The maximum atomic E-state index is 12.8. The minimum Gasteiger partial charge on any atom is -0.340 e. The Morgan fingerprint density at radius 3 is 2.43 bits per heavy atom. The number of amides is 2. The summed E-state index contributed by atoms with van der Waals surface area (Å²) < 4.78 is 1.99. The molecule has 1 aromatic heterocycles. The van der Waals surface area contributed by atoms with Gasteiger partial charge < -0.3 is 14.8 Å². The van der Waals surface area contributed by atoms with E-state index in [9.17, 15) is 9.59 Å². The third-order valence-corrected chi connectivity index (χ3v) is 4.53. The molecule has 1 fully saturated rings. The number of carbonyl (C=O) groups excluding carboxylic acids is 2. The molecule has 1 atom stereocenters. The van der Waals surface area contributed by atoms with Crippen molar-refractivity contribution in [3.8, 4) is 0 Å². The molecule has 2 rings (SSSR count). The Balaban J connectivity index is 2.23. The van der Waals surface area contributed by atoms with Crippen LogP contribution in [0.5, 0.6) is 0 Å². The zero-order valence-corrected chi connectivity index (χ0v) is 13.4. The van der Waals surface area contributed by atoms with Crippen LogP contribution >= 0.6 is 0 Å². The zero-order chi connectivity index (χ0) is 15.8. The van der Waals surface area contributed by atoms with E-state index in [1.807, 2.05) is 24.6 Å². The first-order valence-corrected chi connectivity index (χ1v) is 7.35. The maximum Gasteiger partial charge on any atom is 0.248 e. The molecule has 1 aromatic rings. The molecule has 116 valence electrons. The molecule has 1 N–H and O–H groups in total. The van der Waals surface area contributed by atoms with Gasteiger partial charge in [-0.25, -0.2) is 4.98 Å². The molecule has 21 heavy (non-hydrogen) atoms. The van der Waals surface area contributed by atoms with Gasteiger partial charge in [0.2, 0.25) is 11.8 Å². The topological polar surface area (TPSA) is 67.2 Å². The summed E-state index contributed by atoms with van der Waals surface area (Å²) in [6.45, 7) is 10.3. The molecule has 6 nitrogen and oxygen atoms in total. The largest absolute Gasteiger partial charge is 0.340 e. The Bertz CT molecular complexity index is 564. The fraction of sp³-hybridized carbons (Fsp3) is 0.667. The lowest BCUT2D eigenvalue weighted by Gasteiger charge is -2.48. The highest BCUT2D eigenvalue weighted by Crippen LogP contribution is 2.27. The second kappa shape index (κ2) is 5.16. The Hall–Kier alpha value is -1.85. The molecule has 0 radical (unpaired) electrons. The highest BCUT2D eigenvalue weighted by Gasteiger charge is 2.51. The summed E-state index contributed by atoms with van der Waals surface area (Å²) in [7, 11) is 0. The molecular weight excluding hydrogens is 268 g/mol. The molecule has 1 unspecified atom stereocenters. The molecule has 0 aromatic carbocycles. The number of aromatic nitrogens is 2. The Labute approximate surface area is 125 Å². The molecule has 0 saturated carbocycles. The lowest BCUT2D eigenvalue weighted by atomic mass is 9.87. The number of rotatable bonds is 4. The highest BCUT2D eigenvalue weighted by atomic mass is 16.2. The SMILES string of the molecule is CCC1(C)NC(=O)C(C)(C)N(CCn2ccnc2C)C1=O. The van der Waals surface area contributed by atoms with Crippen LogP contribution in [-0.4, -0.2) is 43.9 Å². The van der Waals surface area contributed by atoms with Gasteiger partial charge in [0, 0.05) is 25.5 Å². The van der Waals surface area contributed by atoms with Crippen LogP contribution in [0.25, 0.3) is 0 Å². The summed E-state index contributed by atoms with van der Waals surface area (Å²) in [5, 5.41) is 2.87. The number of hydrogen-bond donors (Lipinski definition) is 1. The van der Waals surface area contributed by atoms with E-state index in [1.54, 1.807) is 31.9 Å². The smallest absolute Gasteiger partial charge is 0.248 e.